The van der Waals surface area contributed by atoms with Gasteiger partial charge in [0.15, 0.2) is 6.04 Å². The second-order valence-electron chi connectivity index (χ2n) is 5.74. The van der Waals surface area contributed by atoms with E-state index in [9.17, 15) is 4.79 Å². The van der Waals surface area contributed by atoms with Crippen molar-refractivity contribution in [2.45, 2.75) is 31.1 Å². The smallest absolute Gasteiger partial charge is 0.330 e. The second-order valence-corrected chi connectivity index (χ2v) is 6.85. The molecule has 0 N–H and O–H groups in total. The highest BCUT2D eigenvalue weighted by Crippen LogP contribution is 2.13. The Labute approximate surface area is 154 Å². The first-order valence-corrected chi connectivity index (χ1v) is 9.70. The van der Waals surface area contributed by atoms with E-state index in [1.807, 2.05) is 54.4 Å². The van der Waals surface area contributed by atoms with Crippen LogP contribution < -0.4 is 0 Å². The molecule has 0 amide bonds. The van der Waals surface area contributed by atoms with Crippen LogP contribution in [0.3, 0.4) is 0 Å². The molecule has 1 atom stereocenters. The van der Waals surface area contributed by atoms with Crippen molar-refractivity contribution in [3.63, 3.8) is 0 Å². The summed E-state index contributed by atoms with van der Waals surface area (Å²) < 4.78 is 4.87. The lowest BCUT2D eigenvalue weighted by Gasteiger charge is -2.10. The van der Waals surface area contributed by atoms with Crippen molar-refractivity contribution in [3.05, 3.63) is 71.8 Å². The fourth-order valence-electron chi connectivity index (χ4n) is 2.41. The molecule has 0 fully saturated rings. The molecular weight excluding hydrogens is 330 g/mol. The lowest BCUT2D eigenvalue weighted by molar-refractivity contribution is -0.142. The molecule has 25 heavy (non-hydrogen) atoms. The van der Waals surface area contributed by atoms with Crippen molar-refractivity contribution in [1.29, 1.82) is 0 Å². The maximum atomic E-state index is 11.9. The quantitative estimate of drug-likeness (QED) is 0.356. The monoisotopic (exact) mass is 355 g/mol. The van der Waals surface area contributed by atoms with Crippen molar-refractivity contribution in [3.8, 4) is 0 Å². The fourth-order valence-corrected chi connectivity index (χ4v) is 3.36. The number of benzene rings is 2. The van der Waals surface area contributed by atoms with Gasteiger partial charge in [0.1, 0.15) is 0 Å². The first-order valence-electron chi connectivity index (χ1n) is 8.54. The molecule has 132 valence electrons. The zero-order valence-corrected chi connectivity index (χ0v) is 15.5. The van der Waals surface area contributed by atoms with Crippen LogP contribution in [0, 0.1) is 0 Å². The first kappa shape index (κ1) is 19.3. The van der Waals surface area contributed by atoms with Crippen LogP contribution in [0.1, 0.15) is 24.0 Å². The zero-order chi connectivity index (χ0) is 17.7. The van der Waals surface area contributed by atoms with Gasteiger partial charge in [0, 0.05) is 12.2 Å². The molecule has 0 unspecified atom stereocenters. The standard InChI is InChI=1S/C21H25NO2S/c1-24-21(23)20(16-18-10-4-2-5-11-18)22-14-8-9-15-25-17-19-12-6-3-7-13-19/h2-7,10-14,20H,8-9,15-17H2,1H3/t20-/m0/s1. The van der Waals surface area contributed by atoms with Gasteiger partial charge in [-0.05, 0) is 35.9 Å². The Hall–Kier alpha value is -2.07. The Balaban J connectivity index is 1.70. The highest BCUT2D eigenvalue weighted by Gasteiger charge is 2.17. The van der Waals surface area contributed by atoms with E-state index < -0.39 is 6.04 Å². The minimum Gasteiger partial charge on any atom is -0.467 e. The molecule has 0 radical (unpaired) electrons. The van der Waals surface area contributed by atoms with Gasteiger partial charge in [-0.25, -0.2) is 4.79 Å². The van der Waals surface area contributed by atoms with Gasteiger partial charge in [0.2, 0.25) is 0 Å². The molecule has 3 nitrogen and oxygen atoms in total. The maximum Gasteiger partial charge on any atom is 0.330 e. The van der Waals surface area contributed by atoms with Gasteiger partial charge in [0.25, 0.3) is 0 Å². The van der Waals surface area contributed by atoms with Crippen LogP contribution in [-0.2, 0) is 21.7 Å². The molecule has 0 heterocycles. The van der Waals surface area contributed by atoms with Crippen LogP contribution in [0.25, 0.3) is 0 Å². The summed E-state index contributed by atoms with van der Waals surface area (Å²) in [6.07, 6.45) is 4.38. The highest BCUT2D eigenvalue weighted by atomic mass is 32.2. The van der Waals surface area contributed by atoms with Crippen molar-refractivity contribution >= 4 is 23.9 Å². The largest absolute Gasteiger partial charge is 0.467 e. The molecule has 0 aliphatic carbocycles. The third-order valence-corrected chi connectivity index (χ3v) is 4.88. The van der Waals surface area contributed by atoms with Gasteiger partial charge >= 0.3 is 5.97 Å². The Bertz CT molecular complexity index is 643. The molecule has 4 heteroatoms. The number of ether oxygens (including phenoxy) is 1. The summed E-state index contributed by atoms with van der Waals surface area (Å²) in [6, 6.07) is 19.9. The van der Waals surface area contributed by atoms with Crippen LogP contribution in [0.15, 0.2) is 65.7 Å². The summed E-state index contributed by atoms with van der Waals surface area (Å²) in [5, 5.41) is 0. The van der Waals surface area contributed by atoms with Gasteiger partial charge in [-0.1, -0.05) is 60.7 Å². The van der Waals surface area contributed by atoms with Crippen molar-refractivity contribution in [2.75, 3.05) is 12.9 Å². The number of unbranched alkanes of at least 4 members (excludes halogenated alkanes) is 1. The number of nitrogens with zero attached hydrogens (tertiary/aromatic N) is 1. The lowest BCUT2D eigenvalue weighted by Crippen LogP contribution is -2.23. The summed E-state index contributed by atoms with van der Waals surface area (Å²) in [5.74, 6) is 1.85. The predicted octanol–water partition coefficient (Wildman–Crippen LogP) is 4.56. The van der Waals surface area contributed by atoms with E-state index in [-0.39, 0.29) is 5.97 Å². The van der Waals surface area contributed by atoms with E-state index in [1.165, 1.54) is 12.7 Å². The highest BCUT2D eigenvalue weighted by molar-refractivity contribution is 7.98. The molecule has 0 saturated carbocycles. The summed E-state index contributed by atoms with van der Waals surface area (Å²) in [5.41, 5.74) is 2.45. The first-order chi connectivity index (χ1) is 12.3. The second kappa shape index (κ2) is 11.5. The number of methoxy groups -OCH3 is 1. The van der Waals surface area contributed by atoms with E-state index in [4.69, 9.17) is 4.74 Å². The topological polar surface area (TPSA) is 38.7 Å². The van der Waals surface area contributed by atoms with E-state index >= 15 is 0 Å². The zero-order valence-electron chi connectivity index (χ0n) is 14.6. The molecular formula is C21H25NO2S. The molecule has 0 bridgehead atoms. The number of hydrogen-bond acceptors (Lipinski definition) is 4. The average molecular weight is 356 g/mol. The van der Waals surface area contributed by atoms with Crippen LogP contribution in [0.4, 0.5) is 0 Å². The number of esters is 1. The van der Waals surface area contributed by atoms with E-state index in [2.05, 4.69) is 29.3 Å². The number of thioether (sulfide) groups is 1. The number of carbonyl (C=O) groups excluding carboxylic acids is 1. The van der Waals surface area contributed by atoms with Gasteiger partial charge in [-0.15, -0.1) is 0 Å². The van der Waals surface area contributed by atoms with Crippen LogP contribution >= 0.6 is 11.8 Å². The Morgan fingerprint density at radius 1 is 1.08 bits per heavy atom. The minimum absolute atomic E-state index is 0.279. The minimum atomic E-state index is -0.454. The molecule has 0 aliphatic rings. The Morgan fingerprint density at radius 2 is 1.72 bits per heavy atom. The van der Waals surface area contributed by atoms with Crippen molar-refractivity contribution in [1.82, 2.24) is 0 Å². The van der Waals surface area contributed by atoms with Gasteiger partial charge in [0.05, 0.1) is 7.11 Å². The van der Waals surface area contributed by atoms with Crippen LogP contribution in [0.2, 0.25) is 0 Å². The van der Waals surface area contributed by atoms with Crippen molar-refractivity contribution < 1.29 is 9.53 Å². The lowest BCUT2D eigenvalue weighted by atomic mass is 10.1. The third-order valence-electron chi connectivity index (χ3n) is 3.76. The van der Waals surface area contributed by atoms with Gasteiger partial charge in [-0.2, -0.15) is 11.8 Å². The molecule has 0 saturated heterocycles. The molecule has 0 spiro atoms. The molecule has 2 rings (SSSR count). The van der Waals surface area contributed by atoms with Gasteiger partial charge in [-0.3, -0.25) is 4.99 Å². The molecule has 2 aromatic carbocycles. The predicted molar refractivity (Wildman–Crippen MR) is 106 cm³/mol. The van der Waals surface area contributed by atoms with Gasteiger partial charge < -0.3 is 4.74 Å². The van der Waals surface area contributed by atoms with Crippen molar-refractivity contribution in [2.24, 2.45) is 4.99 Å². The molecule has 2 aromatic rings. The normalized spacial score (nSPS) is 12.2. The van der Waals surface area contributed by atoms with E-state index in [0.29, 0.717) is 6.42 Å². The number of hydrogen-bond donors (Lipinski definition) is 0. The summed E-state index contributed by atoms with van der Waals surface area (Å²) >= 11 is 1.93. The average Bonchev–Trinajstić information content (AvgIpc) is 2.67. The Kier molecular flexibility index (Phi) is 8.84. The fraction of sp³-hybridized carbons (Fsp3) is 0.333. The van der Waals surface area contributed by atoms with Crippen LogP contribution in [-0.4, -0.2) is 31.1 Å². The summed E-state index contributed by atoms with van der Waals surface area (Å²) in [7, 11) is 1.41. The maximum absolute atomic E-state index is 11.9. The third kappa shape index (κ3) is 7.57. The summed E-state index contributed by atoms with van der Waals surface area (Å²) in [4.78, 5) is 16.3. The summed E-state index contributed by atoms with van der Waals surface area (Å²) in [6.45, 7) is 0. The number of aliphatic imine (C=N–C) groups is 1. The molecule has 0 aliphatic heterocycles. The molecule has 0 aromatic heterocycles. The SMILES string of the molecule is COC(=O)[C@H](Cc1ccccc1)N=CCCCSCc1ccccc1. The van der Waals surface area contributed by atoms with E-state index in [1.54, 1.807) is 0 Å². The van der Waals surface area contributed by atoms with E-state index in [0.717, 1.165) is 29.9 Å². The number of rotatable bonds is 10. The Morgan fingerprint density at radius 3 is 2.36 bits per heavy atom. The van der Waals surface area contributed by atoms with Crippen LogP contribution in [0.5, 0.6) is 0 Å². The number of carbonyl (C=O) groups is 1.